The molecule has 3 nitrogen and oxygen atoms in total. The van der Waals surface area contributed by atoms with Gasteiger partial charge in [0.15, 0.2) is 6.79 Å². The number of benzene rings is 1. The second-order valence-electron chi connectivity index (χ2n) is 5.11. The van der Waals surface area contributed by atoms with Crippen LogP contribution in [-0.4, -0.2) is 18.9 Å². The average molecular weight is 255 g/mol. The van der Waals surface area contributed by atoms with Crippen LogP contribution in [0.25, 0.3) is 0 Å². The van der Waals surface area contributed by atoms with Crippen molar-refractivity contribution in [2.75, 3.05) is 13.4 Å². The van der Waals surface area contributed by atoms with Crippen molar-refractivity contribution in [1.82, 2.24) is 5.32 Å². The molecule has 0 saturated carbocycles. The Balaban J connectivity index is 2.70. The summed E-state index contributed by atoms with van der Waals surface area (Å²) >= 11 is 0. The Morgan fingerprint density at radius 3 is 2.61 bits per heavy atom. The van der Waals surface area contributed by atoms with Gasteiger partial charge in [-0.25, -0.2) is 4.39 Å². The Labute approximate surface area is 108 Å². The molecule has 0 aromatic heterocycles. The van der Waals surface area contributed by atoms with Crippen molar-refractivity contribution in [3.8, 4) is 5.75 Å². The summed E-state index contributed by atoms with van der Waals surface area (Å²) in [5.41, 5.74) is 0.772. The van der Waals surface area contributed by atoms with Crippen LogP contribution in [-0.2, 0) is 11.3 Å². The van der Waals surface area contributed by atoms with E-state index in [4.69, 9.17) is 9.47 Å². The van der Waals surface area contributed by atoms with Gasteiger partial charge in [0, 0.05) is 24.3 Å². The minimum Gasteiger partial charge on any atom is -0.467 e. The molecule has 0 spiro atoms. The van der Waals surface area contributed by atoms with Crippen LogP contribution in [0.3, 0.4) is 0 Å². The Morgan fingerprint density at radius 1 is 1.28 bits per heavy atom. The van der Waals surface area contributed by atoms with Crippen molar-refractivity contribution in [3.63, 3.8) is 0 Å². The maximum absolute atomic E-state index is 13.2. The average Bonchev–Trinajstić information content (AvgIpc) is 2.28. The molecule has 0 heterocycles. The van der Waals surface area contributed by atoms with E-state index < -0.39 is 0 Å². The summed E-state index contributed by atoms with van der Waals surface area (Å²) in [4.78, 5) is 0. The number of hydrogen-bond acceptors (Lipinski definition) is 3. The van der Waals surface area contributed by atoms with E-state index in [9.17, 15) is 4.39 Å². The lowest BCUT2D eigenvalue weighted by Gasteiger charge is -2.21. The quantitative estimate of drug-likeness (QED) is 0.626. The van der Waals surface area contributed by atoms with Gasteiger partial charge in [0.25, 0.3) is 0 Å². The molecule has 0 amide bonds. The highest BCUT2D eigenvalue weighted by atomic mass is 19.1. The van der Waals surface area contributed by atoms with Crippen LogP contribution in [0, 0.1) is 5.82 Å². The highest BCUT2D eigenvalue weighted by Crippen LogP contribution is 2.20. The molecule has 0 aliphatic heterocycles. The largest absolute Gasteiger partial charge is 0.467 e. The van der Waals surface area contributed by atoms with Gasteiger partial charge >= 0.3 is 0 Å². The predicted molar refractivity (Wildman–Crippen MR) is 70.1 cm³/mol. The first-order chi connectivity index (χ1) is 8.42. The molecule has 0 atom stereocenters. The second kappa shape index (κ2) is 6.71. The van der Waals surface area contributed by atoms with E-state index in [1.54, 1.807) is 6.07 Å². The molecule has 0 aliphatic carbocycles. The lowest BCUT2D eigenvalue weighted by atomic mass is 10.1. The zero-order valence-corrected chi connectivity index (χ0v) is 11.5. The standard InChI is InChI=1S/C14H22FNO2/c1-5-17-10-18-13-7-6-12(15)8-11(13)9-16-14(2,3)4/h6-8,16H,5,9-10H2,1-4H3. The topological polar surface area (TPSA) is 30.5 Å². The minimum absolute atomic E-state index is 0.0243. The zero-order chi connectivity index (χ0) is 13.6. The number of rotatable bonds is 6. The second-order valence-corrected chi connectivity index (χ2v) is 5.11. The first-order valence-electron chi connectivity index (χ1n) is 6.16. The summed E-state index contributed by atoms with van der Waals surface area (Å²) in [5, 5.41) is 3.31. The molecule has 1 rings (SSSR count). The maximum atomic E-state index is 13.2. The van der Waals surface area contributed by atoms with Crippen molar-refractivity contribution in [3.05, 3.63) is 29.6 Å². The van der Waals surface area contributed by atoms with Crippen molar-refractivity contribution >= 4 is 0 Å². The predicted octanol–water partition coefficient (Wildman–Crippen LogP) is 3.09. The summed E-state index contributed by atoms with van der Waals surface area (Å²) < 4.78 is 23.8. The number of nitrogens with one attached hydrogen (secondary N) is 1. The normalized spacial score (nSPS) is 11.6. The number of ether oxygens (including phenoxy) is 2. The number of halogens is 1. The summed E-state index contributed by atoms with van der Waals surface area (Å²) in [6, 6.07) is 4.51. The highest BCUT2D eigenvalue weighted by molar-refractivity contribution is 5.34. The molecule has 0 saturated heterocycles. The smallest absolute Gasteiger partial charge is 0.189 e. The van der Waals surface area contributed by atoms with Gasteiger partial charge in [0.1, 0.15) is 11.6 Å². The van der Waals surface area contributed by atoms with E-state index in [1.807, 2.05) is 6.92 Å². The minimum atomic E-state index is -0.260. The lowest BCUT2D eigenvalue weighted by molar-refractivity contribution is 0.0217. The van der Waals surface area contributed by atoms with E-state index in [0.717, 1.165) is 5.56 Å². The molecule has 4 heteroatoms. The monoisotopic (exact) mass is 255 g/mol. The van der Waals surface area contributed by atoms with Gasteiger partial charge in [-0.15, -0.1) is 0 Å². The van der Waals surface area contributed by atoms with Gasteiger partial charge in [-0.3, -0.25) is 0 Å². The van der Waals surface area contributed by atoms with E-state index >= 15 is 0 Å². The molecule has 0 fully saturated rings. The van der Waals surface area contributed by atoms with E-state index in [1.165, 1.54) is 12.1 Å². The summed E-state index contributed by atoms with van der Waals surface area (Å²) in [5.74, 6) is 0.395. The van der Waals surface area contributed by atoms with Crippen LogP contribution < -0.4 is 10.1 Å². The van der Waals surface area contributed by atoms with Crippen molar-refractivity contribution in [1.29, 1.82) is 0 Å². The Kier molecular flexibility index (Phi) is 5.56. The van der Waals surface area contributed by atoms with Gasteiger partial charge in [-0.1, -0.05) is 0 Å². The lowest BCUT2D eigenvalue weighted by Crippen LogP contribution is -2.35. The maximum Gasteiger partial charge on any atom is 0.189 e. The molecule has 0 radical (unpaired) electrons. The summed E-state index contributed by atoms with van der Waals surface area (Å²) in [6.07, 6.45) is 0. The number of hydrogen-bond donors (Lipinski definition) is 1. The van der Waals surface area contributed by atoms with Gasteiger partial charge in [-0.2, -0.15) is 0 Å². The molecule has 0 unspecified atom stereocenters. The fourth-order valence-electron chi connectivity index (χ4n) is 1.38. The van der Waals surface area contributed by atoms with Crippen molar-refractivity contribution in [2.24, 2.45) is 0 Å². The van der Waals surface area contributed by atoms with Gasteiger partial charge in [-0.05, 0) is 45.9 Å². The van der Waals surface area contributed by atoms with Crippen LogP contribution in [0.15, 0.2) is 18.2 Å². The summed E-state index contributed by atoms with van der Waals surface area (Å²) in [7, 11) is 0. The highest BCUT2D eigenvalue weighted by Gasteiger charge is 2.11. The first kappa shape index (κ1) is 14.9. The zero-order valence-electron chi connectivity index (χ0n) is 11.5. The van der Waals surface area contributed by atoms with Gasteiger partial charge in [0.2, 0.25) is 0 Å². The molecular weight excluding hydrogens is 233 g/mol. The molecular formula is C14H22FNO2. The van der Waals surface area contributed by atoms with E-state index in [-0.39, 0.29) is 18.1 Å². The van der Waals surface area contributed by atoms with Crippen molar-refractivity contribution < 1.29 is 13.9 Å². The van der Waals surface area contributed by atoms with Crippen LogP contribution >= 0.6 is 0 Å². The van der Waals surface area contributed by atoms with Gasteiger partial charge in [0.05, 0.1) is 0 Å². The molecule has 1 aromatic rings. The molecule has 1 aromatic carbocycles. The first-order valence-corrected chi connectivity index (χ1v) is 6.16. The molecule has 1 N–H and O–H groups in total. The Morgan fingerprint density at radius 2 is 2.00 bits per heavy atom. The molecule has 0 aliphatic rings. The third kappa shape index (κ3) is 5.47. The van der Waals surface area contributed by atoms with Gasteiger partial charge < -0.3 is 14.8 Å². The fraction of sp³-hybridized carbons (Fsp3) is 0.571. The van der Waals surface area contributed by atoms with E-state index in [2.05, 4.69) is 26.1 Å². The Hall–Kier alpha value is -1.13. The van der Waals surface area contributed by atoms with Crippen LogP contribution in [0.4, 0.5) is 4.39 Å². The van der Waals surface area contributed by atoms with Crippen LogP contribution in [0.5, 0.6) is 5.75 Å². The molecule has 18 heavy (non-hydrogen) atoms. The molecule has 102 valence electrons. The summed E-state index contributed by atoms with van der Waals surface area (Å²) in [6.45, 7) is 9.42. The van der Waals surface area contributed by atoms with E-state index in [0.29, 0.717) is 18.9 Å². The fourth-order valence-corrected chi connectivity index (χ4v) is 1.38. The third-order valence-electron chi connectivity index (χ3n) is 2.33. The molecule has 0 bridgehead atoms. The Bertz CT molecular complexity index is 375. The van der Waals surface area contributed by atoms with Crippen LogP contribution in [0.2, 0.25) is 0 Å². The van der Waals surface area contributed by atoms with Crippen molar-refractivity contribution in [2.45, 2.75) is 39.8 Å². The SMILES string of the molecule is CCOCOc1ccc(F)cc1CNC(C)(C)C. The third-order valence-corrected chi connectivity index (χ3v) is 2.33. The van der Waals surface area contributed by atoms with Crippen LogP contribution in [0.1, 0.15) is 33.3 Å².